The number of aryl methyl sites for hydroxylation is 1. The summed E-state index contributed by atoms with van der Waals surface area (Å²) in [5.74, 6) is 0.498. The summed E-state index contributed by atoms with van der Waals surface area (Å²) in [6.07, 6.45) is 2.86. The van der Waals surface area contributed by atoms with Crippen molar-refractivity contribution in [2.75, 3.05) is 13.1 Å². The van der Waals surface area contributed by atoms with Gasteiger partial charge in [0.05, 0.1) is 34.2 Å². The zero-order valence-corrected chi connectivity index (χ0v) is 26.4. The zero-order chi connectivity index (χ0) is 30.8. The molecule has 3 heterocycles. The van der Waals surface area contributed by atoms with Gasteiger partial charge in [-0.05, 0) is 51.3 Å². The van der Waals surface area contributed by atoms with Crippen LogP contribution in [-0.4, -0.2) is 70.9 Å². The molecule has 226 valence electrons. The molecule has 0 saturated carbocycles. The van der Waals surface area contributed by atoms with Gasteiger partial charge in [0.15, 0.2) is 5.82 Å². The average Bonchev–Trinajstić information content (AvgIpc) is 3.47. The van der Waals surface area contributed by atoms with Crippen molar-refractivity contribution in [2.24, 2.45) is 0 Å². The van der Waals surface area contributed by atoms with E-state index in [9.17, 15) is 9.90 Å². The van der Waals surface area contributed by atoms with E-state index in [1.54, 1.807) is 10.9 Å². The van der Waals surface area contributed by atoms with Gasteiger partial charge in [-0.3, -0.25) is 9.69 Å². The van der Waals surface area contributed by atoms with Crippen molar-refractivity contribution in [1.29, 1.82) is 0 Å². The summed E-state index contributed by atoms with van der Waals surface area (Å²) in [5.41, 5.74) is 4.82. The Morgan fingerprint density at radius 1 is 1.05 bits per heavy atom. The Hall–Kier alpha value is -3.66. The largest absolute Gasteiger partial charge is 0.386 e. The molecule has 1 aliphatic rings. The second-order valence-electron chi connectivity index (χ2n) is 12.0. The highest BCUT2D eigenvalue weighted by Gasteiger charge is 2.34. The molecule has 1 fully saturated rings. The quantitative estimate of drug-likeness (QED) is 0.270. The second kappa shape index (κ2) is 12.9. The number of rotatable bonds is 8. The molecule has 2 unspecified atom stereocenters. The van der Waals surface area contributed by atoms with E-state index in [0.717, 1.165) is 28.1 Å². The number of aliphatic hydroxyl groups is 1. The molecule has 1 aliphatic heterocycles. The highest BCUT2D eigenvalue weighted by molar-refractivity contribution is 6.33. The molecular formula is C33H40ClN7O2. The molecule has 5 rings (SSSR count). The molecule has 4 aromatic rings. The van der Waals surface area contributed by atoms with Crippen molar-refractivity contribution in [2.45, 2.75) is 78.2 Å². The summed E-state index contributed by atoms with van der Waals surface area (Å²) in [7, 11) is 0. The molecule has 43 heavy (non-hydrogen) atoms. The molecule has 0 radical (unpaired) electrons. The number of hydrogen-bond donors (Lipinski definition) is 1. The van der Waals surface area contributed by atoms with Crippen molar-refractivity contribution in [3.8, 4) is 11.4 Å². The van der Waals surface area contributed by atoms with Gasteiger partial charge in [-0.15, -0.1) is 5.10 Å². The Labute approximate surface area is 258 Å². The molecular weight excluding hydrogens is 562 g/mol. The smallest absolute Gasteiger partial charge is 0.257 e. The molecule has 9 nitrogen and oxygen atoms in total. The third-order valence-electron chi connectivity index (χ3n) is 8.29. The van der Waals surface area contributed by atoms with Gasteiger partial charge in [0.2, 0.25) is 0 Å². The maximum Gasteiger partial charge on any atom is 0.257 e. The standard InChI is InChI=1S/C33H40ClN7O2/c1-20(2)30-28(15-35-32(36-30)27-9-7-8-10-29(27)34)33(43)39-16-22(4)40(23(5)17-39)18-26-19-41(38-37-26)24(6)31(42)25-13-11-21(3)12-14-25/h7-15,19-20,22-24,31,42H,16-18H2,1-6H3/t22-,23+,24?,31?. The van der Waals surface area contributed by atoms with Crippen LogP contribution in [-0.2, 0) is 6.54 Å². The number of amides is 1. The Bertz CT molecular complexity index is 1560. The lowest BCUT2D eigenvalue weighted by molar-refractivity contribution is 0.0262. The summed E-state index contributed by atoms with van der Waals surface area (Å²) in [6, 6.07) is 15.3. The van der Waals surface area contributed by atoms with Gasteiger partial charge in [0, 0.05) is 43.5 Å². The van der Waals surface area contributed by atoms with Gasteiger partial charge in [0.25, 0.3) is 5.91 Å². The first kappa shape index (κ1) is 30.8. The normalized spacial score (nSPS) is 19.0. The number of piperazine rings is 1. The molecule has 2 aromatic heterocycles. The third-order valence-corrected chi connectivity index (χ3v) is 8.62. The molecule has 1 N–H and O–H groups in total. The Balaban J connectivity index is 1.27. The minimum absolute atomic E-state index is 0.0360. The van der Waals surface area contributed by atoms with Crippen LogP contribution in [0.2, 0.25) is 5.02 Å². The van der Waals surface area contributed by atoms with Gasteiger partial charge in [-0.2, -0.15) is 0 Å². The van der Waals surface area contributed by atoms with Crippen LogP contribution in [0, 0.1) is 6.92 Å². The molecule has 1 saturated heterocycles. The van der Waals surface area contributed by atoms with Gasteiger partial charge in [-0.1, -0.05) is 72.6 Å². The number of hydrogen-bond acceptors (Lipinski definition) is 7. The minimum atomic E-state index is -0.694. The summed E-state index contributed by atoms with van der Waals surface area (Å²) in [6.45, 7) is 14.0. The van der Waals surface area contributed by atoms with E-state index in [2.05, 4.69) is 34.0 Å². The van der Waals surface area contributed by atoms with E-state index in [1.165, 1.54) is 0 Å². The molecule has 10 heteroatoms. The monoisotopic (exact) mass is 601 g/mol. The Morgan fingerprint density at radius 2 is 1.72 bits per heavy atom. The van der Waals surface area contributed by atoms with Gasteiger partial charge >= 0.3 is 0 Å². The third kappa shape index (κ3) is 6.64. The summed E-state index contributed by atoms with van der Waals surface area (Å²) < 4.78 is 1.73. The van der Waals surface area contributed by atoms with Crippen LogP contribution >= 0.6 is 11.6 Å². The van der Waals surface area contributed by atoms with Crippen molar-refractivity contribution in [3.05, 3.63) is 94.0 Å². The molecule has 0 aliphatic carbocycles. The highest BCUT2D eigenvalue weighted by atomic mass is 35.5. The Morgan fingerprint density at radius 3 is 2.37 bits per heavy atom. The first-order valence-corrected chi connectivity index (χ1v) is 15.2. The van der Waals surface area contributed by atoms with E-state index in [0.29, 0.717) is 36.0 Å². The number of aromatic nitrogens is 5. The predicted molar refractivity (Wildman–Crippen MR) is 168 cm³/mol. The van der Waals surface area contributed by atoms with Gasteiger partial charge < -0.3 is 10.0 Å². The van der Waals surface area contributed by atoms with Crippen molar-refractivity contribution < 1.29 is 9.90 Å². The van der Waals surface area contributed by atoms with Crippen LogP contribution in [0.4, 0.5) is 0 Å². The van der Waals surface area contributed by atoms with Gasteiger partial charge in [-0.25, -0.2) is 14.6 Å². The molecule has 2 aromatic carbocycles. The maximum absolute atomic E-state index is 13.8. The lowest BCUT2D eigenvalue weighted by Gasteiger charge is -2.44. The van der Waals surface area contributed by atoms with Crippen LogP contribution in [0.25, 0.3) is 11.4 Å². The van der Waals surface area contributed by atoms with E-state index in [1.807, 2.05) is 87.3 Å². The summed E-state index contributed by atoms with van der Waals surface area (Å²) >= 11 is 6.40. The second-order valence-corrected chi connectivity index (χ2v) is 12.4. The summed E-state index contributed by atoms with van der Waals surface area (Å²) in [4.78, 5) is 27.4. The fourth-order valence-electron chi connectivity index (χ4n) is 5.74. The SMILES string of the molecule is Cc1ccc(C(O)C(C)n2cc(CN3[C@H](C)CN(C(=O)c4cnc(-c5ccccc5Cl)nc4C(C)C)C[C@@H]3C)nn2)cc1. The first-order chi connectivity index (χ1) is 20.5. The lowest BCUT2D eigenvalue weighted by atomic mass is 10.0. The molecule has 4 atom stereocenters. The Kier molecular flexibility index (Phi) is 9.25. The number of carbonyl (C=O) groups excluding carboxylic acids is 1. The molecule has 0 spiro atoms. The minimum Gasteiger partial charge on any atom is -0.386 e. The van der Waals surface area contributed by atoms with Crippen LogP contribution in [0.1, 0.15) is 85.6 Å². The number of aliphatic hydroxyl groups excluding tert-OH is 1. The number of nitrogens with zero attached hydrogens (tertiary/aromatic N) is 7. The predicted octanol–water partition coefficient (Wildman–Crippen LogP) is 5.85. The topological polar surface area (TPSA) is 100 Å². The highest BCUT2D eigenvalue weighted by Crippen LogP contribution is 2.29. The van der Waals surface area contributed by atoms with Crippen molar-refractivity contribution in [3.63, 3.8) is 0 Å². The number of carbonyl (C=O) groups is 1. The van der Waals surface area contributed by atoms with Crippen molar-refractivity contribution in [1.82, 2.24) is 34.8 Å². The van der Waals surface area contributed by atoms with E-state index < -0.39 is 6.10 Å². The van der Waals surface area contributed by atoms with Crippen LogP contribution in [0.3, 0.4) is 0 Å². The fourth-order valence-corrected chi connectivity index (χ4v) is 5.96. The fraction of sp³-hybridized carbons (Fsp3) is 0.424. The first-order valence-electron chi connectivity index (χ1n) is 14.9. The van der Waals surface area contributed by atoms with Crippen LogP contribution < -0.4 is 0 Å². The molecule has 0 bridgehead atoms. The van der Waals surface area contributed by atoms with E-state index >= 15 is 0 Å². The lowest BCUT2D eigenvalue weighted by Crippen LogP contribution is -2.57. The van der Waals surface area contributed by atoms with Gasteiger partial charge in [0.1, 0.15) is 6.10 Å². The van der Waals surface area contributed by atoms with E-state index in [4.69, 9.17) is 16.6 Å². The van der Waals surface area contributed by atoms with Crippen LogP contribution in [0.15, 0.2) is 60.9 Å². The summed E-state index contributed by atoms with van der Waals surface area (Å²) in [5, 5.41) is 20.2. The number of benzene rings is 2. The average molecular weight is 602 g/mol. The zero-order valence-electron chi connectivity index (χ0n) is 25.6. The van der Waals surface area contributed by atoms with Crippen LogP contribution in [0.5, 0.6) is 0 Å². The van der Waals surface area contributed by atoms with E-state index in [-0.39, 0.29) is 30.0 Å². The van der Waals surface area contributed by atoms with Crippen molar-refractivity contribution >= 4 is 17.5 Å². The maximum atomic E-state index is 13.8. The number of halogens is 1. The molecule has 1 amide bonds.